The molecule has 2 rings (SSSR count). The van der Waals surface area contributed by atoms with Crippen LogP contribution in [0.15, 0.2) is 18.2 Å². The first kappa shape index (κ1) is 9.62. The van der Waals surface area contributed by atoms with E-state index in [2.05, 4.69) is 5.32 Å². The molecule has 1 aromatic carbocycles. The molecular weight excluding hydrogens is 181 g/mol. The van der Waals surface area contributed by atoms with Crippen LogP contribution in [0.4, 0.5) is 4.39 Å². The van der Waals surface area contributed by atoms with Crippen LogP contribution in [0.3, 0.4) is 0 Å². The van der Waals surface area contributed by atoms with Crippen molar-refractivity contribution in [2.45, 2.75) is 13.0 Å². The molecular formula is C11H14FNO. The molecule has 1 heterocycles. The van der Waals surface area contributed by atoms with E-state index >= 15 is 0 Å². The molecule has 1 atom stereocenters. The molecule has 2 nitrogen and oxygen atoms in total. The molecule has 1 N–H and O–H groups in total. The molecule has 0 bridgehead atoms. The van der Waals surface area contributed by atoms with Gasteiger partial charge in [-0.05, 0) is 18.6 Å². The van der Waals surface area contributed by atoms with Crippen LogP contribution in [0, 0.1) is 12.7 Å². The molecule has 1 fully saturated rings. The number of hydrogen-bond donors (Lipinski definition) is 1. The van der Waals surface area contributed by atoms with Crippen LogP contribution >= 0.6 is 0 Å². The first-order valence-electron chi connectivity index (χ1n) is 4.86. The average molecular weight is 195 g/mol. The molecule has 0 aromatic heterocycles. The molecule has 1 aliphatic heterocycles. The lowest BCUT2D eigenvalue weighted by molar-refractivity contribution is 0.0255. The minimum absolute atomic E-state index is 0.135. The van der Waals surface area contributed by atoms with Crippen molar-refractivity contribution >= 4 is 0 Å². The van der Waals surface area contributed by atoms with Crippen LogP contribution in [0.5, 0.6) is 0 Å². The van der Waals surface area contributed by atoms with Gasteiger partial charge in [0, 0.05) is 18.7 Å². The van der Waals surface area contributed by atoms with Crippen molar-refractivity contribution in [1.29, 1.82) is 0 Å². The molecule has 0 aliphatic carbocycles. The van der Waals surface area contributed by atoms with Crippen molar-refractivity contribution in [3.8, 4) is 0 Å². The second-order valence-electron chi connectivity index (χ2n) is 3.59. The van der Waals surface area contributed by atoms with Crippen LogP contribution in [0.2, 0.25) is 0 Å². The summed E-state index contributed by atoms with van der Waals surface area (Å²) in [5.41, 5.74) is 1.60. The van der Waals surface area contributed by atoms with Gasteiger partial charge in [-0.3, -0.25) is 0 Å². The minimum atomic E-state index is -0.168. The Balaban J connectivity index is 2.22. The number of halogens is 1. The number of benzene rings is 1. The number of rotatable bonds is 1. The van der Waals surface area contributed by atoms with Gasteiger partial charge >= 0.3 is 0 Å². The lowest BCUT2D eigenvalue weighted by Crippen LogP contribution is -2.33. The zero-order valence-electron chi connectivity index (χ0n) is 8.22. The maximum absolute atomic E-state index is 13.5. The molecule has 0 radical (unpaired) electrons. The first-order valence-corrected chi connectivity index (χ1v) is 4.86. The summed E-state index contributed by atoms with van der Waals surface area (Å²) < 4.78 is 19.0. The van der Waals surface area contributed by atoms with E-state index in [1.54, 1.807) is 6.07 Å². The van der Waals surface area contributed by atoms with Gasteiger partial charge in [-0.25, -0.2) is 4.39 Å². The van der Waals surface area contributed by atoms with E-state index in [0.717, 1.165) is 12.1 Å². The Hall–Kier alpha value is -0.930. The summed E-state index contributed by atoms with van der Waals surface area (Å²) in [4.78, 5) is 0. The lowest BCUT2D eigenvalue weighted by Gasteiger charge is -2.24. The fourth-order valence-corrected chi connectivity index (χ4v) is 1.66. The fraction of sp³-hybridized carbons (Fsp3) is 0.455. The number of nitrogens with one attached hydrogen (secondary N) is 1. The summed E-state index contributed by atoms with van der Waals surface area (Å²) in [5, 5.41) is 3.18. The monoisotopic (exact) mass is 195 g/mol. The summed E-state index contributed by atoms with van der Waals surface area (Å²) in [5.74, 6) is -0.168. The Morgan fingerprint density at radius 2 is 2.36 bits per heavy atom. The van der Waals surface area contributed by atoms with E-state index in [0.29, 0.717) is 18.7 Å². The highest BCUT2D eigenvalue weighted by Crippen LogP contribution is 2.22. The Morgan fingerprint density at radius 1 is 1.50 bits per heavy atom. The third kappa shape index (κ3) is 1.94. The van der Waals surface area contributed by atoms with Gasteiger partial charge in [0.1, 0.15) is 5.82 Å². The van der Waals surface area contributed by atoms with Crippen molar-refractivity contribution in [2.24, 2.45) is 0 Å². The molecule has 0 saturated carbocycles. The van der Waals surface area contributed by atoms with E-state index < -0.39 is 0 Å². The molecule has 1 saturated heterocycles. The van der Waals surface area contributed by atoms with Crippen molar-refractivity contribution in [3.05, 3.63) is 35.1 Å². The highest BCUT2D eigenvalue weighted by Gasteiger charge is 2.18. The van der Waals surface area contributed by atoms with E-state index in [9.17, 15) is 4.39 Å². The normalized spacial score (nSPS) is 22.3. The van der Waals surface area contributed by atoms with Crippen molar-refractivity contribution in [1.82, 2.24) is 5.32 Å². The van der Waals surface area contributed by atoms with Gasteiger partial charge < -0.3 is 10.1 Å². The van der Waals surface area contributed by atoms with E-state index in [1.165, 1.54) is 0 Å². The zero-order valence-corrected chi connectivity index (χ0v) is 8.22. The first-order chi connectivity index (χ1) is 6.77. The Kier molecular flexibility index (Phi) is 2.79. The van der Waals surface area contributed by atoms with Gasteiger partial charge in [0.25, 0.3) is 0 Å². The molecule has 0 amide bonds. The highest BCUT2D eigenvalue weighted by atomic mass is 19.1. The summed E-state index contributed by atoms with van der Waals surface area (Å²) in [6.07, 6.45) is -0.135. The van der Waals surface area contributed by atoms with Crippen LogP contribution in [0.1, 0.15) is 17.2 Å². The third-order valence-corrected chi connectivity index (χ3v) is 2.43. The highest BCUT2D eigenvalue weighted by molar-refractivity contribution is 5.25. The molecule has 0 spiro atoms. The van der Waals surface area contributed by atoms with Crippen LogP contribution in [0.25, 0.3) is 0 Å². The SMILES string of the molecule is Cc1ccc([C@H]2CNCCO2)c(F)c1. The largest absolute Gasteiger partial charge is 0.371 e. The quantitative estimate of drug-likeness (QED) is 0.737. The second-order valence-corrected chi connectivity index (χ2v) is 3.59. The Morgan fingerprint density at radius 3 is 3.00 bits per heavy atom. The summed E-state index contributed by atoms with van der Waals surface area (Å²) in [6, 6.07) is 5.27. The lowest BCUT2D eigenvalue weighted by atomic mass is 10.1. The molecule has 14 heavy (non-hydrogen) atoms. The zero-order chi connectivity index (χ0) is 9.97. The van der Waals surface area contributed by atoms with Crippen molar-refractivity contribution in [2.75, 3.05) is 19.7 Å². The van der Waals surface area contributed by atoms with Crippen molar-refractivity contribution < 1.29 is 9.13 Å². The smallest absolute Gasteiger partial charge is 0.129 e. The third-order valence-electron chi connectivity index (χ3n) is 2.43. The predicted molar refractivity (Wildman–Crippen MR) is 52.7 cm³/mol. The molecule has 1 aromatic rings. The maximum Gasteiger partial charge on any atom is 0.129 e. The average Bonchev–Trinajstić information content (AvgIpc) is 2.19. The molecule has 1 aliphatic rings. The summed E-state index contributed by atoms with van der Waals surface area (Å²) in [7, 11) is 0. The standard InChI is InChI=1S/C11H14FNO/c1-8-2-3-9(10(12)6-8)11-7-13-4-5-14-11/h2-3,6,11,13H,4-5,7H2,1H3/t11-/m1/s1. The number of hydrogen-bond acceptors (Lipinski definition) is 2. The van der Waals surface area contributed by atoms with Crippen LogP contribution in [-0.2, 0) is 4.74 Å². The van der Waals surface area contributed by atoms with Gasteiger partial charge in [-0.2, -0.15) is 0 Å². The number of aryl methyl sites for hydroxylation is 1. The van der Waals surface area contributed by atoms with Crippen molar-refractivity contribution in [3.63, 3.8) is 0 Å². The second kappa shape index (κ2) is 4.07. The topological polar surface area (TPSA) is 21.3 Å². The number of ether oxygens (including phenoxy) is 1. The van der Waals surface area contributed by atoms with E-state index in [1.807, 2.05) is 19.1 Å². The summed E-state index contributed by atoms with van der Waals surface area (Å²) in [6.45, 7) is 4.08. The molecule has 0 unspecified atom stereocenters. The van der Waals surface area contributed by atoms with E-state index in [4.69, 9.17) is 4.74 Å². The predicted octanol–water partition coefficient (Wildman–Crippen LogP) is 1.80. The maximum atomic E-state index is 13.5. The summed E-state index contributed by atoms with van der Waals surface area (Å²) >= 11 is 0. The van der Waals surface area contributed by atoms with Gasteiger partial charge in [0.05, 0.1) is 12.7 Å². The Labute approximate surface area is 83.1 Å². The van der Waals surface area contributed by atoms with Gasteiger partial charge in [0.2, 0.25) is 0 Å². The number of morpholine rings is 1. The fourth-order valence-electron chi connectivity index (χ4n) is 1.66. The molecule has 76 valence electrons. The van der Waals surface area contributed by atoms with Gasteiger partial charge in [-0.1, -0.05) is 12.1 Å². The molecule has 3 heteroatoms. The minimum Gasteiger partial charge on any atom is -0.371 e. The van der Waals surface area contributed by atoms with Gasteiger partial charge in [-0.15, -0.1) is 0 Å². The Bertz CT molecular complexity index is 321. The van der Waals surface area contributed by atoms with Crippen LogP contribution < -0.4 is 5.32 Å². The van der Waals surface area contributed by atoms with Gasteiger partial charge in [0.15, 0.2) is 0 Å². The van der Waals surface area contributed by atoms with Crippen LogP contribution in [-0.4, -0.2) is 19.7 Å². The van der Waals surface area contributed by atoms with E-state index in [-0.39, 0.29) is 11.9 Å².